The second kappa shape index (κ2) is 5.44. The Morgan fingerprint density at radius 3 is 2.45 bits per heavy atom. The summed E-state index contributed by atoms with van der Waals surface area (Å²) in [5.41, 5.74) is -0.501. The lowest BCUT2D eigenvalue weighted by atomic mass is 10.1. The molecule has 0 saturated carbocycles. The zero-order chi connectivity index (χ0) is 15.0. The topological polar surface area (TPSA) is 58.2 Å². The highest BCUT2D eigenvalue weighted by Crippen LogP contribution is 2.35. The molecule has 2 N–H and O–H groups in total. The fourth-order valence-corrected chi connectivity index (χ4v) is 5.48. The van der Waals surface area contributed by atoms with Gasteiger partial charge in [-0.15, -0.1) is 11.3 Å². The van der Waals surface area contributed by atoms with Crippen LogP contribution in [0.3, 0.4) is 0 Å². The number of nitrogens with one attached hydrogen (secondary N) is 2. The van der Waals surface area contributed by atoms with Gasteiger partial charge < -0.3 is 5.32 Å². The first-order chi connectivity index (χ1) is 9.24. The Kier molecular flexibility index (Phi) is 4.20. The van der Waals surface area contributed by atoms with E-state index in [2.05, 4.69) is 10.0 Å². The van der Waals surface area contributed by atoms with Gasteiger partial charge >= 0.3 is 0 Å². The third-order valence-electron chi connectivity index (χ3n) is 2.66. The predicted molar refractivity (Wildman–Crippen MR) is 84.7 cm³/mol. The predicted octanol–water partition coefficient (Wildman–Crippen LogP) is 2.70. The fourth-order valence-electron chi connectivity index (χ4n) is 2.10. The molecule has 1 aromatic carbocycles. The van der Waals surface area contributed by atoms with Crippen molar-refractivity contribution >= 4 is 31.4 Å². The lowest BCUT2D eigenvalue weighted by Crippen LogP contribution is -2.40. The second-order valence-electron chi connectivity index (χ2n) is 5.74. The Morgan fingerprint density at radius 2 is 1.85 bits per heavy atom. The molecule has 6 heteroatoms. The molecule has 0 spiro atoms. The van der Waals surface area contributed by atoms with Gasteiger partial charge in [0.15, 0.2) is 0 Å². The van der Waals surface area contributed by atoms with Gasteiger partial charge in [0.05, 0.1) is 0 Å². The molecule has 0 amide bonds. The minimum Gasteiger partial charge on any atom is -0.315 e. The summed E-state index contributed by atoms with van der Waals surface area (Å²) >= 11 is 1.52. The molecule has 2 aromatic rings. The normalized spacial score (nSPS) is 13.0. The van der Waals surface area contributed by atoms with Crippen LogP contribution in [0.5, 0.6) is 0 Å². The molecule has 4 nitrogen and oxygen atoms in total. The standard InChI is InChI=1S/C14H20N2O2S2/c1-14(2,3)16-20(17,18)13-10-7-5-6-8-11(10)19-12(13)9-15-4/h5-8,15-16H,9H2,1-4H3. The number of hydrogen-bond donors (Lipinski definition) is 2. The molecule has 0 bridgehead atoms. The van der Waals surface area contributed by atoms with Gasteiger partial charge in [0.25, 0.3) is 0 Å². The summed E-state index contributed by atoms with van der Waals surface area (Å²) in [6.07, 6.45) is 0. The van der Waals surface area contributed by atoms with Crippen molar-refractivity contribution in [2.75, 3.05) is 7.05 Å². The third-order valence-corrected chi connectivity index (χ3v) is 5.85. The number of thiophene rings is 1. The average Bonchev–Trinajstić information content (AvgIpc) is 2.64. The first-order valence-electron chi connectivity index (χ1n) is 6.43. The van der Waals surface area contributed by atoms with Crippen LogP contribution >= 0.6 is 11.3 Å². The molecule has 1 aromatic heterocycles. The fraction of sp³-hybridized carbons (Fsp3) is 0.429. The Bertz CT molecular complexity index is 712. The van der Waals surface area contributed by atoms with Crippen LogP contribution in [0.2, 0.25) is 0 Å². The molecule has 0 radical (unpaired) electrons. The van der Waals surface area contributed by atoms with E-state index < -0.39 is 15.6 Å². The first kappa shape index (κ1) is 15.4. The lowest BCUT2D eigenvalue weighted by Gasteiger charge is -2.20. The van der Waals surface area contributed by atoms with Gasteiger partial charge in [0, 0.05) is 27.0 Å². The molecule has 0 atom stereocenters. The highest BCUT2D eigenvalue weighted by atomic mass is 32.2. The van der Waals surface area contributed by atoms with E-state index >= 15 is 0 Å². The molecule has 20 heavy (non-hydrogen) atoms. The van der Waals surface area contributed by atoms with Crippen LogP contribution in [0.15, 0.2) is 29.2 Å². The van der Waals surface area contributed by atoms with E-state index in [-0.39, 0.29) is 0 Å². The van der Waals surface area contributed by atoms with Crippen LogP contribution in [-0.2, 0) is 16.6 Å². The van der Waals surface area contributed by atoms with Crippen molar-refractivity contribution in [1.29, 1.82) is 0 Å². The Balaban J connectivity index is 2.65. The summed E-state index contributed by atoms with van der Waals surface area (Å²) in [4.78, 5) is 1.24. The van der Waals surface area contributed by atoms with E-state index in [0.717, 1.165) is 15.0 Å². The SMILES string of the molecule is CNCc1sc2ccccc2c1S(=O)(=O)NC(C)(C)C. The summed E-state index contributed by atoms with van der Waals surface area (Å²) in [6.45, 7) is 6.07. The van der Waals surface area contributed by atoms with Gasteiger partial charge in [-0.2, -0.15) is 0 Å². The average molecular weight is 312 g/mol. The monoisotopic (exact) mass is 312 g/mol. The maximum atomic E-state index is 12.7. The van der Waals surface area contributed by atoms with Crippen molar-refractivity contribution in [2.45, 2.75) is 37.8 Å². The van der Waals surface area contributed by atoms with Crippen LogP contribution in [0.1, 0.15) is 25.6 Å². The Labute approximate surface area is 124 Å². The van der Waals surface area contributed by atoms with Gasteiger partial charge in [-0.25, -0.2) is 13.1 Å². The van der Waals surface area contributed by atoms with E-state index in [1.165, 1.54) is 11.3 Å². The molecule has 0 aliphatic heterocycles. The van der Waals surface area contributed by atoms with Crippen LogP contribution in [-0.4, -0.2) is 21.0 Å². The lowest BCUT2D eigenvalue weighted by molar-refractivity contribution is 0.491. The van der Waals surface area contributed by atoms with Crippen molar-refractivity contribution in [3.8, 4) is 0 Å². The number of hydrogen-bond acceptors (Lipinski definition) is 4. The van der Waals surface area contributed by atoms with E-state index in [1.807, 2.05) is 52.1 Å². The number of rotatable bonds is 4. The van der Waals surface area contributed by atoms with Crippen LogP contribution < -0.4 is 10.0 Å². The van der Waals surface area contributed by atoms with Crippen LogP contribution in [0, 0.1) is 0 Å². The minimum atomic E-state index is -3.53. The Morgan fingerprint density at radius 1 is 1.20 bits per heavy atom. The molecular formula is C14H20N2O2S2. The van der Waals surface area contributed by atoms with Gasteiger partial charge in [0.2, 0.25) is 10.0 Å². The van der Waals surface area contributed by atoms with Crippen molar-refractivity contribution in [2.24, 2.45) is 0 Å². The molecular weight excluding hydrogens is 292 g/mol. The maximum Gasteiger partial charge on any atom is 0.242 e. The zero-order valence-corrected chi connectivity index (χ0v) is 13.8. The molecule has 0 unspecified atom stereocenters. The molecule has 0 saturated heterocycles. The first-order valence-corrected chi connectivity index (χ1v) is 8.73. The molecule has 0 fully saturated rings. The van der Waals surface area contributed by atoms with Crippen molar-refractivity contribution in [1.82, 2.24) is 10.0 Å². The number of fused-ring (bicyclic) bond motifs is 1. The van der Waals surface area contributed by atoms with Crippen molar-refractivity contribution < 1.29 is 8.42 Å². The summed E-state index contributed by atoms with van der Waals surface area (Å²) in [5, 5.41) is 3.83. The van der Waals surface area contributed by atoms with Gasteiger partial charge in [-0.1, -0.05) is 18.2 Å². The van der Waals surface area contributed by atoms with E-state index in [9.17, 15) is 8.42 Å². The van der Waals surface area contributed by atoms with Crippen molar-refractivity contribution in [3.05, 3.63) is 29.1 Å². The molecule has 0 aliphatic carbocycles. The van der Waals surface area contributed by atoms with Gasteiger partial charge in [-0.05, 0) is 33.9 Å². The minimum absolute atomic E-state index is 0.405. The summed E-state index contributed by atoms with van der Waals surface area (Å²) in [5.74, 6) is 0. The third kappa shape index (κ3) is 3.20. The molecule has 1 heterocycles. The zero-order valence-electron chi connectivity index (χ0n) is 12.1. The van der Waals surface area contributed by atoms with Gasteiger partial charge in [0.1, 0.15) is 4.90 Å². The number of sulfonamides is 1. The number of benzene rings is 1. The Hall–Kier alpha value is -0.950. The van der Waals surface area contributed by atoms with E-state index in [4.69, 9.17) is 0 Å². The smallest absolute Gasteiger partial charge is 0.242 e. The quantitative estimate of drug-likeness (QED) is 0.912. The second-order valence-corrected chi connectivity index (χ2v) is 8.49. The maximum absolute atomic E-state index is 12.7. The largest absolute Gasteiger partial charge is 0.315 e. The summed E-state index contributed by atoms with van der Waals surface area (Å²) < 4.78 is 29.1. The summed E-state index contributed by atoms with van der Waals surface area (Å²) in [6, 6.07) is 7.61. The van der Waals surface area contributed by atoms with Crippen LogP contribution in [0.4, 0.5) is 0 Å². The van der Waals surface area contributed by atoms with E-state index in [0.29, 0.717) is 11.4 Å². The molecule has 2 rings (SSSR count). The summed E-state index contributed by atoms with van der Waals surface area (Å²) in [7, 11) is -1.72. The highest BCUT2D eigenvalue weighted by molar-refractivity contribution is 7.90. The van der Waals surface area contributed by atoms with Gasteiger partial charge in [-0.3, -0.25) is 0 Å². The van der Waals surface area contributed by atoms with Crippen LogP contribution in [0.25, 0.3) is 10.1 Å². The molecule has 110 valence electrons. The highest BCUT2D eigenvalue weighted by Gasteiger charge is 2.28. The van der Waals surface area contributed by atoms with E-state index in [1.54, 1.807) is 0 Å². The van der Waals surface area contributed by atoms with Crippen molar-refractivity contribution in [3.63, 3.8) is 0 Å². The molecule has 0 aliphatic rings.